The van der Waals surface area contributed by atoms with Crippen LogP contribution in [-0.2, 0) is 4.79 Å². The third kappa shape index (κ3) is 6.39. The molecule has 0 spiro atoms. The maximum absolute atomic E-state index is 12.5. The monoisotopic (exact) mass is 273 g/mol. The number of carbonyl (C=O) groups excluding carboxylic acids is 1. The van der Waals surface area contributed by atoms with E-state index in [2.05, 4.69) is 26.1 Å². The lowest BCUT2D eigenvalue weighted by Crippen LogP contribution is -2.55. The van der Waals surface area contributed by atoms with Gasteiger partial charge in [-0.25, -0.2) is 0 Å². The van der Waals surface area contributed by atoms with Gasteiger partial charge in [0.1, 0.15) is 0 Å². The second-order valence-electron chi connectivity index (χ2n) is 8.05. The molecule has 0 heterocycles. The molecule has 1 unspecified atom stereocenters. The summed E-state index contributed by atoms with van der Waals surface area (Å²) in [6, 6.07) is 0. The molecule has 4 heteroatoms. The molecule has 4 nitrogen and oxygen atoms in total. The number of amides is 1. The average molecular weight is 273 g/mol. The van der Waals surface area contributed by atoms with Crippen molar-refractivity contribution in [1.29, 1.82) is 0 Å². The summed E-state index contributed by atoms with van der Waals surface area (Å²) in [4.78, 5) is 12.5. The van der Waals surface area contributed by atoms with Crippen LogP contribution >= 0.6 is 0 Å². The highest BCUT2D eigenvalue weighted by Crippen LogP contribution is 2.36. The van der Waals surface area contributed by atoms with Crippen LogP contribution in [0.4, 0.5) is 0 Å². The van der Waals surface area contributed by atoms with Gasteiger partial charge in [-0.15, -0.1) is 0 Å². The van der Waals surface area contributed by atoms with Crippen LogP contribution < -0.4 is 5.32 Å². The van der Waals surface area contributed by atoms with Crippen molar-refractivity contribution in [3.63, 3.8) is 0 Å². The summed E-state index contributed by atoms with van der Waals surface area (Å²) in [7, 11) is 0. The minimum absolute atomic E-state index is 0.0458. The Morgan fingerprint density at radius 1 is 1.00 bits per heavy atom. The highest BCUT2D eigenvalue weighted by atomic mass is 16.3. The molecule has 114 valence electrons. The Hall–Kier alpha value is -0.610. The molecule has 3 N–H and O–H groups in total. The molecule has 1 atom stereocenters. The minimum atomic E-state index is -0.960. The Kier molecular flexibility index (Phi) is 6.03. The summed E-state index contributed by atoms with van der Waals surface area (Å²) in [6.45, 7) is 13.5. The van der Waals surface area contributed by atoms with Crippen LogP contribution in [0.5, 0.6) is 0 Å². The number of hydrogen-bond donors (Lipinski definition) is 3. The zero-order chi connectivity index (χ0) is 15.5. The Labute approximate surface area is 117 Å². The molecule has 0 saturated heterocycles. The van der Waals surface area contributed by atoms with Gasteiger partial charge in [0.25, 0.3) is 0 Å². The first kappa shape index (κ1) is 18.4. The smallest absolute Gasteiger partial charge is 0.224 e. The highest BCUT2D eigenvalue weighted by Gasteiger charge is 2.37. The molecule has 0 aliphatic rings. The lowest BCUT2D eigenvalue weighted by atomic mass is 9.71. The topological polar surface area (TPSA) is 69.6 Å². The van der Waals surface area contributed by atoms with E-state index in [9.17, 15) is 15.0 Å². The van der Waals surface area contributed by atoms with E-state index in [1.165, 1.54) is 0 Å². The van der Waals surface area contributed by atoms with Gasteiger partial charge in [0, 0.05) is 5.92 Å². The lowest BCUT2D eigenvalue weighted by molar-refractivity contribution is -0.132. The van der Waals surface area contributed by atoms with Crippen molar-refractivity contribution < 1.29 is 15.0 Å². The van der Waals surface area contributed by atoms with E-state index in [0.717, 1.165) is 6.42 Å². The van der Waals surface area contributed by atoms with Crippen LogP contribution in [0.1, 0.15) is 54.9 Å². The van der Waals surface area contributed by atoms with Crippen LogP contribution in [-0.4, -0.2) is 34.9 Å². The molecule has 0 radical (unpaired) electrons. The minimum Gasteiger partial charge on any atom is -0.394 e. The first-order valence-electron chi connectivity index (χ1n) is 6.88. The summed E-state index contributed by atoms with van der Waals surface area (Å²) in [5, 5.41) is 21.3. The van der Waals surface area contributed by atoms with Crippen molar-refractivity contribution in [3.8, 4) is 0 Å². The molecule has 0 aromatic heterocycles. The van der Waals surface area contributed by atoms with E-state index < -0.39 is 5.54 Å². The summed E-state index contributed by atoms with van der Waals surface area (Å²) in [5.74, 6) is -0.266. The first-order chi connectivity index (χ1) is 8.34. The van der Waals surface area contributed by atoms with Crippen molar-refractivity contribution in [2.45, 2.75) is 60.4 Å². The summed E-state index contributed by atoms with van der Waals surface area (Å²) < 4.78 is 0. The number of rotatable bonds is 5. The van der Waals surface area contributed by atoms with Crippen LogP contribution in [0.3, 0.4) is 0 Å². The second kappa shape index (κ2) is 6.23. The largest absolute Gasteiger partial charge is 0.394 e. The van der Waals surface area contributed by atoms with Crippen molar-refractivity contribution in [3.05, 3.63) is 0 Å². The van der Waals surface area contributed by atoms with Crippen molar-refractivity contribution in [1.82, 2.24) is 5.32 Å². The fourth-order valence-electron chi connectivity index (χ4n) is 1.92. The molecule has 1 amide bonds. The van der Waals surface area contributed by atoms with Gasteiger partial charge in [0.05, 0.1) is 18.8 Å². The molecule has 0 aliphatic heterocycles. The molecular weight excluding hydrogens is 242 g/mol. The lowest BCUT2D eigenvalue weighted by Gasteiger charge is -2.37. The van der Waals surface area contributed by atoms with E-state index in [0.29, 0.717) is 0 Å². The summed E-state index contributed by atoms with van der Waals surface area (Å²) >= 11 is 0. The molecule has 0 fully saturated rings. The zero-order valence-corrected chi connectivity index (χ0v) is 13.5. The Morgan fingerprint density at radius 3 is 1.68 bits per heavy atom. The predicted molar refractivity (Wildman–Crippen MR) is 77.7 cm³/mol. The fourth-order valence-corrected chi connectivity index (χ4v) is 1.92. The standard InChI is InChI=1S/C15H31NO3/c1-13(2,3)8-11(14(4,5)6)12(19)16-15(7,9-17)10-18/h11,17-18H,8-10H2,1-7H3,(H,16,19). The van der Waals surface area contributed by atoms with Gasteiger partial charge in [-0.3, -0.25) is 4.79 Å². The van der Waals surface area contributed by atoms with Gasteiger partial charge in [0.2, 0.25) is 5.91 Å². The molecule has 19 heavy (non-hydrogen) atoms. The van der Waals surface area contributed by atoms with E-state index in [4.69, 9.17) is 0 Å². The third-order valence-electron chi connectivity index (χ3n) is 3.30. The predicted octanol–water partition coefficient (Wildman–Crippen LogP) is 1.94. The van der Waals surface area contributed by atoms with Gasteiger partial charge < -0.3 is 15.5 Å². The number of hydrogen-bond acceptors (Lipinski definition) is 3. The van der Waals surface area contributed by atoms with E-state index in [1.54, 1.807) is 6.92 Å². The number of aliphatic hydroxyl groups excluding tert-OH is 2. The van der Waals surface area contributed by atoms with Crippen LogP contribution in [0, 0.1) is 16.7 Å². The van der Waals surface area contributed by atoms with Crippen LogP contribution in [0.2, 0.25) is 0 Å². The van der Waals surface area contributed by atoms with Gasteiger partial charge in [-0.2, -0.15) is 0 Å². The Morgan fingerprint density at radius 2 is 1.42 bits per heavy atom. The third-order valence-corrected chi connectivity index (χ3v) is 3.30. The van der Waals surface area contributed by atoms with Gasteiger partial charge in [0.15, 0.2) is 0 Å². The maximum Gasteiger partial charge on any atom is 0.224 e. The summed E-state index contributed by atoms with van der Waals surface area (Å²) in [5.41, 5.74) is -1.08. The van der Waals surface area contributed by atoms with E-state index in [1.807, 2.05) is 20.8 Å². The molecule has 0 aliphatic carbocycles. The molecule has 0 bridgehead atoms. The first-order valence-corrected chi connectivity index (χ1v) is 6.88. The quantitative estimate of drug-likeness (QED) is 0.717. The van der Waals surface area contributed by atoms with E-state index in [-0.39, 0.29) is 35.9 Å². The van der Waals surface area contributed by atoms with Crippen LogP contribution in [0.15, 0.2) is 0 Å². The Balaban J connectivity index is 5.04. The number of nitrogens with one attached hydrogen (secondary N) is 1. The molecule has 0 aromatic rings. The van der Waals surface area contributed by atoms with Gasteiger partial charge in [-0.1, -0.05) is 41.5 Å². The second-order valence-corrected chi connectivity index (χ2v) is 8.05. The molecular formula is C15H31NO3. The zero-order valence-electron chi connectivity index (χ0n) is 13.5. The number of aliphatic hydroxyl groups is 2. The van der Waals surface area contributed by atoms with Crippen LogP contribution in [0.25, 0.3) is 0 Å². The fraction of sp³-hybridized carbons (Fsp3) is 0.933. The Bertz CT molecular complexity index is 295. The van der Waals surface area contributed by atoms with Gasteiger partial charge in [-0.05, 0) is 24.2 Å². The average Bonchev–Trinajstić information content (AvgIpc) is 2.23. The molecule has 0 rings (SSSR count). The van der Waals surface area contributed by atoms with E-state index >= 15 is 0 Å². The highest BCUT2D eigenvalue weighted by molar-refractivity contribution is 5.80. The molecule has 0 aromatic carbocycles. The van der Waals surface area contributed by atoms with Crippen molar-refractivity contribution in [2.24, 2.45) is 16.7 Å². The summed E-state index contributed by atoms with van der Waals surface area (Å²) in [6.07, 6.45) is 0.759. The molecule has 0 saturated carbocycles. The van der Waals surface area contributed by atoms with Gasteiger partial charge >= 0.3 is 0 Å². The maximum atomic E-state index is 12.5. The number of carbonyl (C=O) groups is 1. The van der Waals surface area contributed by atoms with Crippen molar-refractivity contribution >= 4 is 5.91 Å². The van der Waals surface area contributed by atoms with Crippen molar-refractivity contribution in [2.75, 3.05) is 13.2 Å². The SMILES string of the molecule is CC(C)(C)CC(C(=O)NC(C)(CO)CO)C(C)(C)C. The normalized spacial score (nSPS) is 15.2.